The smallest absolute Gasteiger partial charge is 0.133 e. The van der Waals surface area contributed by atoms with E-state index in [9.17, 15) is 0 Å². The largest absolute Gasteiger partial charge is 0.356 e. The van der Waals surface area contributed by atoms with Crippen LogP contribution in [0.3, 0.4) is 0 Å². The van der Waals surface area contributed by atoms with Crippen LogP contribution in [0.1, 0.15) is 23.7 Å². The van der Waals surface area contributed by atoms with Gasteiger partial charge in [-0.3, -0.25) is 0 Å². The molecule has 0 radical (unpaired) electrons. The molecule has 18 heavy (non-hydrogen) atoms. The Kier molecular flexibility index (Phi) is 5.96. The quantitative estimate of drug-likeness (QED) is 0.857. The first-order valence-electron chi connectivity index (χ1n) is 6.34. The summed E-state index contributed by atoms with van der Waals surface area (Å²) in [6.45, 7) is 7.34. The van der Waals surface area contributed by atoms with E-state index in [1.807, 2.05) is 18.8 Å². The predicted octanol–water partition coefficient (Wildman–Crippen LogP) is 2.61. The first kappa shape index (κ1) is 15.3. The maximum atomic E-state index is 4.73. The number of rotatable bonds is 6. The molecule has 1 unspecified atom stereocenters. The average Bonchev–Trinajstić information content (AvgIpc) is 2.31. The third-order valence-electron chi connectivity index (χ3n) is 3.21. The van der Waals surface area contributed by atoms with Gasteiger partial charge in [-0.25, -0.2) is 4.98 Å². The Labute approximate surface area is 115 Å². The molecule has 0 saturated heterocycles. The molecule has 3 nitrogen and oxygen atoms in total. The summed E-state index contributed by atoms with van der Waals surface area (Å²) in [4.78, 5) is 7.03. The number of hydrogen-bond donors (Lipinski definition) is 1. The van der Waals surface area contributed by atoms with Gasteiger partial charge in [0.1, 0.15) is 5.82 Å². The number of nitrogens with one attached hydrogen (secondary N) is 1. The summed E-state index contributed by atoms with van der Waals surface area (Å²) < 4.78 is 0. The number of nitrogens with zero attached hydrogens (tertiary/aromatic N) is 2. The maximum Gasteiger partial charge on any atom is 0.133 e. The highest BCUT2D eigenvalue weighted by atomic mass is 32.2. The van der Waals surface area contributed by atoms with Crippen LogP contribution in [0.15, 0.2) is 6.07 Å². The van der Waals surface area contributed by atoms with E-state index in [1.165, 1.54) is 11.1 Å². The van der Waals surface area contributed by atoms with E-state index in [1.54, 1.807) is 0 Å². The van der Waals surface area contributed by atoms with E-state index >= 15 is 0 Å². The highest BCUT2D eigenvalue weighted by molar-refractivity contribution is 7.98. The van der Waals surface area contributed by atoms with Gasteiger partial charge in [0.05, 0.1) is 0 Å². The number of aryl methyl sites for hydroxylation is 2. The van der Waals surface area contributed by atoms with Crippen molar-refractivity contribution < 1.29 is 0 Å². The molecule has 0 aliphatic heterocycles. The highest BCUT2D eigenvalue weighted by Crippen LogP contribution is 2.23. The second kappa shape index (κ2) is 7.00. The van der Waals surface area contributed by atoms with E-state index in [2.05, 4.69) is 50.4 Å². The minimum atomic E-state index is 0.490. The molecule has 0 spiro atoms. The Morgan fingerprint density at radius 1 is 1.44 bits per heavy atom. The minimum absolute atomic E-state index is 0.490. The summed E-state index contributed by atoms with van der Waals surface area (Å²) in [5.74, 6) is 2.23. The second-order valence-corrected chi connectivity index (χ2v) is 5.74. The molecule has 1 aromatic rings. The lowest BCUT2D eigenvalue weighted by molar-refractivity contribution is 0.729. The molecular formula is C14H25N3S. The molecule has 0 aliphatic rings. The first-order valence-corrected chi connectivity index (χ1v) is 7.74. The van der Waals surface area contributed by atoms with Crippen molar-refractivity contribution in [1.82, 2.24) is 10.3 Å². The molecule has 1 atom stereocenters. The molecule has 1 rings (SSSR count). The van der Waals surface area contributed by atoms with Crippen LogP contribution in [-0.4, -0.2) is 37.1 Å². The van der Waals surface area contributed by atoms with Crippen LogP contribution >= 0.6 is 11.8 Å². The van der Waals surface area contributed by atoms with Crippen LogP contribution in [0.5, 0.6) is 0 Å². The lowest BCUT2D eigenvalue weighted by atomic mass is 10.1. The molecular weight excluding hydrogens is 242 g/mol. The zero-order chi connectivity index (χ0) is 13.7. The topological polar surface area (TPSA) is 28.2 Å². The van der Waals surface area contributed by atoms with Crippen LogP contribution < -0.4 is 10.2 Å². The summed E-state index contributed by atoms with van der Waals surface area (Å²) >= 11 is 1.88. The van der Waals surface area contributed by atoms with Gasteiger partial charge in [-0.1, -0.05) is 0 Å². The standard InChI is InChI=1S/C14H25N3S/c1-10-7-11(2)16-14(13(10)8-15-4)17(5)12(3)9-18-6/h7,12,15H,8-9H2,1-6H3. The van der Waals surface area contributed by atoms with Gasteiger partial charge in [-0.05, 0) is 45.7 Å². The molecule has 0 fully saturated rings. The van der Waals surface area contributed by atoms with Crippen LogP contribution in [-0.2, 0) is 6.54 Å². The normalized spacial score (nSPS) is 12.6. The van der Waals surface area contributed by atoms with Crippen molar-refractivity contribution in [3.8, 4) is 0 Å². The summed E-state index contributed by atoms with van der Waals surface area (Å²) in [5, 5.41) is 3.24. The van der Waals surface area contributed by atoms with Gasteiger partial charge in [-0.15, -0.1) is 0 Å². The van der Waals surface area contributed by atoms with Crippen LogP contribution in [0.2, 0.25) is 0 Å². The molecule has 4 heteroatoms. The zero-order valence-corrected chi connectivity index (χ0v) is 13.2. The van der Waals surface area contributed by atoms with Crippen LogP contribution in [0.4, 0.5) is 5.82 Å². The monoisotopic (exact) mass is 267 g/mol. The number of pyridine rings is 1. The third kappa shape index (κ3) is 3.62. The summed E-state index contributed by atoms with van der Waals surface area (Å²) in [5.41, 5.74) is 3.71. The summed E-state index contributed by atoms with van der Waals surface area (Å²) in [7, 11) is 4.12. The van der Waals surface area contributed by atoms with E-state index in [0.29, 0.717) is 6.04 Å². The molecule has 0 amide bonds. The third-order valence-corrected chi connectivity index (χ3v) is 4.03. The Morgan fingerprint density at radius 3 is 2.67 bits per heavy atom. The summed E-state index contributed by atoms with van der Waals surface area (Å²) in [6.07, 6.45) is 2.15. The van der Waals surface area contributed by atoms with Gasteiger partial charge in [0.25, 0.3) is 0 Å². The Morgan fingerprint density at radius 2 is 2.11 bits per heavy atom. The maximum absolute atomic E-state index is 4.73. The molecule has 1 heterocycles. The van der Waals surface area contributed by atoms with E-state index < -0.39 is 0 Å². The average molecular weight is 267 g/mol. The van der Waals surface area contributed by atoms with E-state index in [0.717, 1.165) is 23.8 Å². The fourth-order valence-electron chi connectivity index (χ4n) is 2.09. The molecule has 1 N–H and O–H groups in total. The lowest BCUT2D eigenvalue weighted by Gasteiger charge is -2.28. The van der Waals surface area contributed by atoms with Crippen molar-refractivity contribution in [2.24, 2.45) is 0 Å². The fraction of sp³-hybridized carbons (Fsp3) is 0.643. The van der Waals surface area contributed by atoms with Crippen molar-refractivity contribution in [2.75, 3.05) is 31.0 Å². The first-order chi connectivity index (χ1) is 8.51. The number of anilines is 1. The van der Waals surface area contributed by atoms with Crippen LogP contribution in [0.25, 0.3) is 0 Å². The molecule has 1 aromatic heterocycles. The highest BCUT2D eigenvalue weighted by Gasteiger charge is 2.16. The number of hydrogen-bond acceptors (Lipinski definition) is 4. The van der Waals surface area contributed by atoms with Crippen molar-refractivity contribution in [3.05, 3.63) is 22.9 Å². The molecule has 0 bridgehead atoms. The Bertz CT molecular complexity index is 393. The second-order valence-electron chi connectivity index (χ2n) is 4.83. The van der Waals surface area contributed by atoms with Gasteiger partial charge >= 0.3 is 0 Å². The van der Waals surface area contributed by atoms with Gasteiger partial charge in [0.15, 0.2) is 0 Å². The van der Waals surface area contributed by atoms with Crippen molar-refractivity contribution >= 4 is 17.6 Å². The van der Waals surface area contributed by atoms with Gasteiger partial charge in [0.2, 0.25) is 0 Å². The van der Waals surface area contributed by atoms with Gasteiger partial charge in [-0.2, -0.15) is 11.8 Å². The predicted molar refractivity (Wildman–Crippen MR) is 82.7 cm³/mol. The van der Waals surface area contributed by atoms with E-state index in [4.69, 9.17) is 4.98 Å². The van der Waals surface area contributed by atoms with Crippen molar-refractivity contribution in [1.29, 1.82) is 0 Å². The number of aromatic nitrogens is 1. The minimum Gasteiger partial charge on any atom is -0.356 e. The van der Waals surface area contributed by atoms with Gasteiger partial charge in [0, 0.05) is 36.6 Å². The molecule has 0 aliphatic carbocycles. The number of thioether (sulfide) groups is 1. The fourth-order valence-corrected chi connectivity index (χ4v) is 2.80. The van der Waals surface area contributed by atoms with E-state index in [-0.39, 0.29) is 0 Å². The Hall–Kier alpha value is -0.740. The Balaban J connectivity index is 3.12. The molecule has 0 saturated carbocycles. The summed E-state index contributed by atoms with van der Waals surface area (Å²) in [6, 6.07) is 2.65. The SMILES string of the molecule is CNCc1c(C)cc(C)nc1N(C)C(C)CSC. The van der Waals surface area contributed by atoms with Gasteiger partial charge < -0.3 is 10.2 Å². The van der Waals surface area contributed by atoms with Crippen LogP contribution in [0, 0.1) is 13.8 Å². The van der Waals surface area contributed by atoms with Crippen molar-refractivity contribution in [2.45, 2.75) is 33.4 Å². The molecule has 102 valence electrons. The van der Waals surface area contributed by atoms with Crippen molar-refractivity contribution in [3.63, 3.8) is 0 Å². The zero-order valence-electron chi connectivity index (χ0n) is 12.4. The lowest BCUT2D eigenvalue weighted by Crippen LogP contribution is -2.33. The molecule has 0 aromatic carbocycles.